The Morgan fingerprint density at radius 3 is 2.67 bits per heavy atom. The van der Waals surface area contributed by atoms with Crippen molar-refractivity contribution in [2.75, 3.05) is 0 Å². The monoisotopic (exact) mass is 212 g/mol. The summed E-state index contributed by atoms with van der Waals surface area (Å²) < 4.78 is 27.9. The van der Waals surface area contributed by atoms with E-state index in [-0.39, 0.29) is 11.5 Å². The number of hydrogen-bond acceptors (Lipinski definition) is 2. The van der Waals surface area contributed by atoms with Crippen LogP contribution in [0.4, 0.5) is 8.78 Å². The van der Waals surface area contributed by atoms with Gasteiger partial charge < -0.3 is 4.74 Å². The molecule has 0 amide bonds. The Hall–Kier alpha value is -1.71. The predicted octanol–water partition coefficient (Wildman–Crippen LogP) is 3.05. The molecule has 0 atom stereocenters. The molecule has 1 aromatic carbocycles. The van der Waals surface area contributed by atoms with E-state index >= 15 is 0 Å². The third kappa shape index (κ3) is 3.16. The number of Topliss-reactive ketones (excluding diaryl/α,β-unsaturated/α-hetero) is 1. The van der Waals surface area contributed by atoms with Gasteiger partial charge in [0.15, 0.2) is 5.78 Å². The minimum absolute atomic E-state index is 0.0305. The van der Waals surface area contributed by atoms with Crippen molar-refractivity contribution in [1.29, 1.82) is 0 Å². The van der Waals surface area contributed by atoms with Crippen LogP contribution < -0.4 is 4.74 Å². The highest BCUT2D eigenvalue weighted by Crippen LogP contribution is 2.17. The molecule has 1 aromatic rings. The molecule has 15 heavy (non-hydrogen) atoms. The van der Waals surface area contributed by atoms with Gasteiger partial charge in [-0.05, 0) is 24.6 Å². The topological polar surface area (TPSA) is 26.3 Å². The Bertz CT molecular complexity index is 386. The summed E-state index contributed by atoms with van der Waals surface area (Å²) in [7, 11) is 0. The zero-order valence-corrected chi connectivity index (χ0v) is 8.17. The smallest absolute Gasteiger partial charge is 0.387 e. The number of ketones is 1. The van der Waals surface area contributed by atoms with E-state index in [4.69, 9.17) is 0 Å². The summed E-state index contributed by atoms with van der Waals surface area (Å²) in [5.74, 6) is -0.313. The Balaban J connectivity index is 2.92. The van der Waals surface area contributed by atoms with Crippen LogP contribution in [0, 0.1) is 0 Å². The first kappa shape index (κ1) is 11.4. The van der Waals surface area contributed by atoms with Gasteiger partial charge in [0.1, 0.15) is 5.75 Å². The maximum Gasteiger partial charge on any atom is 0.387 e. The minimum atomic E-state index is -2.89. The van der Waals surface area contributed by atoms with Crippen molar-refractivity contribution in [2.45, 2.75) is 13.5 Å². The van der Waals surface area contributed by atoms with Crippen LogP contribution in [0.1, 0.15) is 17.3 Å². The largest absolute Gasteiger partial charge is 0.435 e. The number of alkyl halides is 2. The highest BCUT2D eigenvalue weighted by Gasteiger charge is 2.09. The van der Waals surface area contributed by atoms with Crippen LogP contribution in [-0.4, -0.2) is 12.4 Å². The van der Waals surface area contributed by atoms with E-state index in [0.29, 0.717) is 11.1 Å². The van der Waals surface area contributed by atoms with Crippen molar-refractivity contribution in [1.82, 2.24) is 0 Å². The van der Waals surface area contributed by atoms with Crippen LogP contribution in [0.5, 0.6) is 5.75 Å². The molecule has 2 nitrogen and oxygen atoms in total. The molecule has 0 spiro atoms. The van der Waals surface area contributed by atoms with Crippen LogP contribution in [0.25, 0.3) is 0 Å². The molecule has 0 saturated heterocycles. The predicted molar refractivity (Wildman–Crippen MR) is 52.2 cm³/mol. The highest BCUT2D eigenvalue weighted by atomic mass is 19.3. The molecular weight excluding hydrogens is 202 g/mol. The lowest BCUT2D eigenvalue weighted by atomic mass is 10.1. The fraction of sp³-hybridized carbons (Fsp3) is 0.182. The number of benzene rings is 1. The van der Waals surface area contributed by atoms with Crippen molar-refractivity contribution in [3.63, 3.8) is 0 Å². The standard InChI is InChI=1S/C11H10F2O2/c1-7(2)10(14)8-4-3-5-9(6-8)15-11(12)13/h3-6,11H,1H2,2H3. The van der Waals surface area contributed by atoms with E-state index in [1.165, 1.54) is 24.3 Å². The first-order valence-electron chi connectivity index (χ1n) is 4.26. The van der Waals surface area contributed by atoms with Crippen LogP contribution in [0.15, 0.2) is 36.4 Å². The third-order valence-electron chi connectivity index (χ3n) is 1.71. The lowest BCUT2D eigenvalue weighted by Gasteiger charge is -2.05. The first-order valence-corrected chi connectivity index (χ1v) is 4.26. The number of carbonyl (C=O) groups is 1. The average Bonchev–Trinajstić information content (AvgIpc) is 2.16. The molecule has 0 aliphatic heterocycles. The van der Waals surface area contributed by atoms with Crippen LogP contribution in [0.2, 0.25) is 0 Å². The summed E-state index contributed by atoms with van der Waals surface area (Å²) in [4.78, 5) is 11.4. The number of carbonyl (C=O) groups excluding carboxylic acids is 1. The molecule has 0 radical (unpaired) electrons. The third-order valence-corrected chi connectivity index (χ3v) is 1.71. The number of ether oxygens (including phenoxy) is 1. The van der Waals surface area contributed by atoms with Gasteiger partial charge in [-0.15, -0.1) is 0 Å². The SMILES string of the molecule is C=C(C)C(=O)c1cccc(OC(F)F)c1. The Morgan fingerprint density at radius 2 is 2.13 bits per heavy atom. The van der Waals surface area contributed by atoms with Crippen molar-refractivity contribution in [3.8, 4) is 5.75 Å². The molecule has 0 aliphatic carbocycles. The van der Waals surface area contributed by atoms with Gasteiger partial charge in [0, 0.05) is 5.56 Å². The van der Waals surface area contributed by atoms with E-state index in [1.807, 2.05) is 0 Å². The zero-order chi connectivity index (χ0) is 11.4. The van der Waals surface area contributed by atoms with Gasteiger partial charge in [-0.1, -0.05) is 18.7 Å². The number of hydrogen-bond donors (Lipinski definition) is 0. The van der Waals surface area contributed by atoms with Crippen molar-refractivity contribution in [3.05, 3.63) is 42.0 Å². The van der Waals surface area contributed by atoms with Gasteiger partial charge in [0.05, 0.1) is 0 Å². The van der Waals surface area contributed by atoms with Crippen molar-refractivity contribution >= 4 is 5.78 Å². The van der Waals surface area contributed by atoms with Gasteiger partial charge in [-0.3, -0.25) is 4.79 Å². The summed E-state index contributed by atoms with van der Waals surface area (Å²) in [5, 5.41) is 0. The van der Waals surface area contributed by atoms with E-state index in [9.17, 15) is 13.6 Å². The summed E-state index contributed by atoms with van der Waals surface area (Å²) in [6, 6.07) is 5.63. The van der Waals surface area contributed by atoms with Gasteiger partial charge in [0.2, 0.25) is 0 Å². The minimum Gasteiger partial charge on any atom is -0.435 e. The summed E-state index contributed by atoms with van der Waals surface area (Å²) >= 11 is 0. The molecule has 0 aliphatic rings. The van der Waals surface area contributed by atoms with Crippen LogP contribution in [0.3, 0.4) is 0 Å². The zero-order valence-electron chi connectivity index (χ0n) is 8.17. The molecule has 0 unspecified atom stereocenters. The van der Waals surface area contributed by atoms with E-state index in [2.05, 4.69) is 11.3 Å². The molecule has 4 heteroatoms. The molecule has 1 rings (SSSR count). The summed E-state index contributed by atoms with van der Waals surface area (Å²) in [6.07, 6.45) is 0. The van der Waals surface area contributed by atoms with E-state index in [0.717, 1.165) is 0 Å². The normalized spacial score (nSPS) is 10.1. The van der Waals surface area contributed by atoms with Gasteiger partial charge in [0.25, 0.3) is 0 Å². The summed E-state index contributed by atoms with van der Waals surface area (Å²) in [5.41, 5.74) is 0.643. The Kier molecular flexibility index (Phi) is 3.55. The fourth-order valence-electron chi connectivity index (χ4n) is 1.06. The van der Waals surface area contributed by atoms with E-state index < -0.39 is 6.61 Å². The molecule has 80 valence electrons. The van der Waals surface area contributed by atoms with Gasteiger partial charge in [-0.25, -0.2) is 0 Å². The summed E-state index contributed by atoms with van der Waals surface area (Å²) in [6.45, 7) is 2.15. The average molecular weight is 212 g/mol. The van der Waals surface area contributed by atoms with Crippen LogP contribution in [-0.2, 0) is 0 Å². The quantitative estimate of drug-likeness (QED) is 0.566. The molecular formula is C11H10F2O2. The second kappa shape index (κ2) is 4.68. The van der Waals surface area contributed by atoms with Gasteiger partial charge >= 0.3 is 6.61 Å². The molecule has 0 aromatic heterocycles. The second-order valence-corrected chi connectivity index (χ2v) is 3.02. The molecule has 0 fully saturated rings. The lowest BCUT2D eigenvalue weighted by molar-refractivity contribution is -0.0498. The molecule has 0 heterocycles. The highest BCUT2D eigenvalue weighted by molar-refractivity contribution is 6.08. The maximum atomic E-state index is 11.9. The number of halogens is 2. The van der Waals surface area contributed by atoms with Gasteiger partial charge in [-0.2, -0.15) is 8.78 Å². The van der Waals surface area contributed by atoms with Crippen LogP contribution >= 0.6 is 0 Å². The van der Waals surface area contributed by atoms with E-state index in [1.54, 1.807) is 6.92 Å². The lowest BCUT2D eigenvalue weighted by Crippen LogP contribution is -2.04. The molecule has 0 N–H and O–H groups in total. The number of allylic oxidation sites excluding steroid dienone is 1. The Morgan fingerprint density at radius 1 is 1.47 bits per heavy atom. The fourth-order valence-corrected chi connectivity index (χ4v) is 1.06. The molecule has 0 bridgehead atoms. The molecule has 0 saturated carbocycles. The Labute approximate surface area is 86.2 Å². The number of rotatable bonds is 4. The maximum absolute atomic E-state index is 11.9. The second-order valence-electron chi connectivity index (χ2n) is 3.02. The van der Waals surface area contributed by atoms with Crippen molar-refractivity contribution < 1.29 is 18.3 Å². The van der Waals surface area contributed by atoms with Crippen molar-refractivity contribution in [2.24, 2.45) is 0 Å². The first-order chi connectivity index (χ1) is 7.00.